The van der Waals surface area contributed by atoms with Crippen LogP contribution in [0.4, 0.5) is 26.3 Å². The van der Waals surface area contributed by atoms with Crippen molar-refractivity contribution >= 4 is 29.1 Å². The number of halogens is 8. The number of amides is 1. The van der Waals surface area contributed by atoms with Gasteiger partial charge in [0.05, 0.1) is 21.2 Å². The molecule has 0 aliphatic heterocycles. The molecular weight excluding hydrogens is 575 g/mol. The SMILES string of the molecule is O=C(c1nc(-c2cc(Cl)c(O)c(Cl)c2)no1)N(Cc1cccc(C(F)(F)F)c1)Cc1cccc(C(F)(F)F)c1. The van der Waals surface area contributed by atoms with Crippen molar-refractivity contribution in [3.8, 4) is 17.1 Å². The number of carbonyl (C=O) groups is 1. The summed E-state index contributed by atoms with van der Waals surface area (Å²) >= 11 is 11.8. The zero-order valence-electron chi connectivity index (χ0n) is 19.3. The van der Waals surface area contributed by atoms with Crippen LogP contribution in [-0.4, -0.2) is 26.1 Å². The molecule has 0 atom stereocenters. The first-order valence-electron chi connectivity index (χ1n) is 10.9. The van der Waals surface area contributed by atoms with Gasteiger partial charge in [0.15, 0.2) is 5.75 Å². The van der Waals surface area contributed by atoms with Gasteiger partial charge in [-0.3, -0.25) is 4.79 Å². The number of alkyl halides is 6. The van der Waals surface area contributed by atoms with Crippen LogP contribution in [0.5, 0.6) is 5.75 Å². The van der Waals surface area contributed by atoms with Crippen LogP contribution in [0.2, 0.25) is 10.0 Å². The van der Waals surface area contributed by atoms with E-state index in [1.54, 1.807) is 0 Å². The predicted octanol–water partition coefficient (Wildman–Crippen LogP) is 7.63. The summed E-state index contributed by atoms with van der Waals surface area (Å²) in [5.41, 5.74) is -1.64. The monoisotopic (exact) mass is 589 g/mol. The normalized spacial score (nSPS) is 12.0. The molecule has 0 saturated carbocycles. The topological polar surface area (TPSA) is 79.5 Å². The van der Waals surface area contributed by atoms with E-state index in [4.69, 9.17) is 27.7 Å². The molecule has 1 amide bonds. The number of carbonyl (C=O) groups excluding carboxylic acids is 1. The molecule has 3 aromatic carbocycles. The lowest BCUT2D eigenvalue weighted by atomic mass is 10.1. The highest BCUT2D eigenvalue weighted by atomic mass is 35.5. The Bertz CT molecular complexity index is 1440. The van der Waals surface area contributed by atoms with Gasteiger partial charge in [-0.1, -0.05) is 52.6 Å². The maximum atomic E-state index is 13.3. The van der Waals surface area contributed by atoms with E-state index in [-0.39, 0.29) is 32.6 Å². The fourth-order valence-corrected chi connectivity index (χ4v) is 4.08. The van der Waals surface area contributed by atoms with Crippen LogP contribution in [-0.2, 0) is 25.4 Å². The molecular formula is C25H15Cl2F6N3O3. The van der Waals surface area contributed by atoms with Crippen molar-refractivity contribution in [3.05, 3.63) is 98.9 Å². The lowest BCUT2D eigenvalue weighted by Gasteiger charge is -2.22. The molecule has 0 aliphatic rings. The van der Waals surface area contributed by atoms with Crippen molar-refractivity contribution < 1.29 is 40.8 Å². The van der Waals surface area contributed by atoms with E-state index >= 15 is 0 Å². The van der Waals surface area contributed by atoms with Crippen molar-refractivity contribution in [2.75, 3.05) is 0 Å². The highest BCUT2D eigenvalue weighted by Gasteiger charge is 2.32. The summed E-state index contributed by atoms with van der Waals surface area (Å²) in [6.45, 7) is -0.846. The summed E-state index contributed by atoms with van der Waals surface area (Å²) in [5, 5.41) is 13.1. The maximum Gasteiger partial charge on any atom is 0.416 e. The molecule has 4 rings (SSSR count). The van der Waals surface area contributed by atoms with Crippen LogP contribution in [0.15, 0.2) is 65.2 Å². The minimum absolute atomic E-state index is 0.0574. The lowest BCUT2D eigenvalue weighted by molar-refractivity contribution is -0.138. The molecule has 0 aliphatic carbocycles. The number of benzene rings is 3. The van der Waals surface area contributed by atoms with Gasteiger partial charge in [0.2, 0.25) is 5.82 Å². The smallest absolute Gasteiger partial charge is 0.416 e. The molecule has 204 valence electrons. The summed E-state index contributed by atoms with van der Waals surface area (Å²) in [7, 11) is 0. The van der Waals surface area contributed by atoms with Crippen molar-refractivity contribution in [1.29, 1.82) is 0 Å². The van der Waals surface area contributed by atoms with Crippen LogP contribution in [0.1, 0.15) is 32.9 Å². The third-order valence-corrected chi connectivity index (χ3v) is 6.00. The Morgan fingerprint density at radius 3 is 1.79 bits per heavy atom. The zero-order chi connectivity index (χ0) is 28.5. The van der Waals surface area contributed by atoms with Crippen LogP contribution in [0.25, 0.3) is 11.4 Å². The Morgan fingerprint density at radius 2 is 1.33 bits per heavy atom. The van der Waals surface area contributed by atoms with Gasteiger partial charge in [-0.15, -0.1) is 0 Å². The Hall–Kier alpha value is -3.77. The van der Waals surface area contributed by atoms with E-state index < -0.39 is 54.1 Å². The Morgan fingerprint density at radius 1 is 0.846 bits per heavy atom. The van der Waals surface area contributed by atoms with Gasteiger partial charge in [-0.25, -0.2) is 0 Å². The summed E-state index contributed by atoms with van der Waals surface area (Å²) in [5.74, 6) is -2.10. The van der Waals surface area contributed by atoms with Crippen LogP contribution in [0.3, 0.4) is 0 Å². The Kier molecular flexibility index (Phi) is 7.80. The molecule has 39 heavy (non-hydrogen) atoms. The number of rotatable bonds is 6. The van der Waals surface area contributed by atoms with Crippen LogP contribution in [0, 0.1) is 0 Å². The standard InChI is InChI=1S/C25H15Cl2F6N3O3/c26-18-9-15(10-19(27)20(18)37)21-34-22(39-35-21)23(38)36(11-13-3-1-5-16(7-13)24(28,29)30)12-14-4-2-6-17(8-14)25(31,32)33/h1-10,37H,11-12H2. The van der Waals surface area contributed by atoms with E-state index in [1.807, 2.05) is 0 Å². The van der Waals surface area contributed by atoms with Gasteiger partial charge in [-0.05, 0) is 47.5 Å². The lowest BCUT2D eigenvalue weighted by Crippen LogP contribution is -2.30. The molecule has 0 unspecified atom stereocenters. The molecule has 0 fully saturated rings. The quantitative estimate of drug-likeness (QED) is 0.234. The number of phenolic OH excluding ortho intramolecular Hbond substituents is 1. The minimum atomic E-state index is -4.65. The third kappa shape index (κ3) is 6.63. The van der Waals surface area contributed by atoms with Gasteiger partial charge in [0.25, 0.3) is 0 Å². The fraction of sp³-hybridized carbons (Fsp3) is 0.160. The average molecular weight is 590 g/mol. The van der Waals surface area contributed by atoms with Crippen LogP contribution < -0.4 is 0 Å². The molecule has 4 aromatic rings. The van der Waals surface area contributed by atoms with E-state index in [2.05, 4.69) is 10.1 Å². The minimum Gasteiger partial charge on any atom is -0.505 e. The zero-order valence-corrected chi connectivity index (χ0v) is 20.8. The number of aromatic nitrogens is 2. The number of phenols is 1. The maximum absolute atomic E-state index is 13.3. The first kappa shape index (κ1) is 28.2. The highest BCUT2D eigenvalue weighted by Crippen LogP contribution is 2.36. The summed E-state index contributed by atoms with van der Waals surface area (Å²) < 4.78 is 84.4. The molecule has 1 N–H and O–H groups in total. The summed E-state index contributed by atoms with van der Waals surface area (Å²) in [4.78, 5) is 18.3. The molecule has 1 aromatic heterocycles. The molecule has 6 nitrogen and oxygen atoms in total. The first-order chi connectivity index (χ1) is 18.2. The molecule has 14 heteroatoms. The first-order valence-corrected chi connectivity index (χ1v) is 11.6. The predicted molar refractivity (Wildman–Crippen MR) is 128 cm³/mol. The van der Waals surface area contributed by atoms with Gasteiger partial charge in [0, 0.05) is 18.7 Å². The highest BCUT2D eigenvalue weighted by molar-refractivity contribution is 6.37. The van der Waals surface area contributed by atoms with Crippen molar-refractivity contribution in [2.45, 2.75) is 25.4 Å². The van der Waals surface area contributed by atoms with Crippen molar-refractivity contribution in [3.63, 3.8) is 0 Å². The van der Waals surface area contributed by atoms with Gasteiger partial charge in [0.1, 0.15) is 0 Å². The van der Waals surface area contributed by atoms with E-state index in [9.17, 15) is 36.2 Å². The second-order valence-corrected chi connectivity index (χ2v) is 9.08. The third-order valence-electron chi connectivity index (χ3n) is 5.43. The molecule has 0 saturated heterocycles. The van der Waals surface area contributed by atoms with Crippen molar-refractivity contribution in [1.82, 2.24) is 15.0 Å². The number of nitrogens with zero attached hydrogens (tertiary/aromatic N) is 3. The van der Waals surface area contributed by atoms with E-state index in [0.717, 1.165) is 41.3 Å². The van der Waals surface area contributed by atoms with E-state index in [0.29, 0.717) is 0 Å². The molecule has 0 radical (unpaired) electrons. The van der Waals surface area contributed by atoms with Gasteiger partial charge < -0.3 is 14.5 Å². The Balaban J connectivity index is 1.69. The second kappa shape index (κ2) is 10.8. The fourth-order valence-electron chi connectivity index (χ4n) is 3.59. The van der Waals surface area contributed by atoms with Gasteiger partial charge in [-0.2, -0.15) is 31.3 Å². The number of hydrogen-bond donors (Lipinski definition) is 1. The summed E-state index contributed by atoms with van der Waals surface area (Å²) in [6.07, 6.45) is -9.31. The summed E-state index contributed by atoms with van der Waals surface area (Å²) in [6, 6.07) is 10.8. The van der Waals surface area contributed by atoms with E-state index in [1.165, 1.54) is 24.3 Å². The Labute approximate surface area is 226 Å². The molecule has 0 bridgehead atoms. The second-order valence-electron chi connectivity index (χ2n) is 8.27. The molecule has 1 heterocycles. The van der Waals surface area contributed by atoms with Crippen LogP contribution >= 0.6 is 23.2 Å². The van der Waals surface area contributed by atoms with Crippen molar-refractivity contribution in [2.24, 2.45) is 0 Å². The largest absolute Gasteiger partial charge is 0.505 e. The number of hydrogen-bond acceptors (Lipinski definition) is 5. The molecule has 0 spiro atoms. The van der Waals surface area contributed by atoms with Gasteiger partial charge >= 0.3 is 24.2 Å². The number of aromatic hydroxyl groups is 1. The average Bonchev–Trinajstić information content (AvgIpc) is 3.36.